The van der Waals surface area contributed by atoms with Crippen LogP contribution in [0.4, 0.5) is 0 Å². The zero-order valence-electron chi connectivity index (χ0n) is 8.80. The van der Waals surface area contributed by atoms with Gasteiger partial charge in [0.15, 0.2) is 0 Å². The van der Waals surface area contributed by atoms with Crippen molar-refractivity contribution in [2.75, 3.05) is 18.4 Å². The second-order valence-corrected chi connectivity index (χ2v) is 7.72. The lowest BCUT2D eigenvalue weighted by atomic mass is 9.93. The van der Waals surface area contributed by atoms with E-state index in [-0.39, 0.29) is 0 Å². The van der Waals surface area contributed by atoms with Gasteiger partial charge in [-0.1, -0.05) is 22.9 Å². The number of rotatable bonds is 3. The van der Waals surface area contributed by atoms with Gasteiger partial charge in [0.1, 0.15) is 0 Å². The van der Waals surface area contributed by atoms with Crippen LogP contribution in [0.3, 0.4) is 0 Å². The van der Waals surface area contributed by atoms with Gasteiger partial charge in [-0.3, -0.25) is 4.90 Å². The quantitative estimate of drug-likeness (QED) is 0.739. The van der Waals surface area contributed by atoms with Gasteiger partial charge < -0.3 is 0 Å². The number of hydrogen-bond donors (Lipinski definition) is 0. The Morgan fingerprint density at radius 1 is 1.53 bits per heavy atom. The van der Waals surface area contributed by atoms with Crippen LogP contribution in [-0.2, 0) is 6.54 Å². The van der Waals surface area contributed by atoms with Crippen LogP contribution >= 0.6 is 43.2 Å². The summed E-state index contributed by atoms with van der Waals surface area (Å²) in [6.07, 6.45) is 1.31. The van der Waals surface area contributed by atoms with E-state index >= 15 is 0 Å². The number of hydrogen-bond acceptors (Lipinski definition) is 2. The lowest BCUT2D eigenvalue weighted by Gasteiger charge is -2.21. The van der Waals surface area contributed by atoms with Crippen LogP contribution in [0.25, 0.3) is 0 Å². The van der Waals surface area contributed by atoms with Crippen LogP contribution < -0.4 is 0 Å². The van der Waals surface area contributed by atoms with Crippen LogP contribution in [0, 0.1) is 5.41 Å². The van der Waals surface area contributed by atoms with Crippen LogP contribution in [0.1, 0.15) is 18.2 Å². The van der Waals surface area contributed by atoms with Crippen molar-refractivity contribution >= 4 is 43.2 Å². The monoisotopic (exact) mass is 351 g/mol. The van der Waals surface area contributed by atoms with Gasteiger partial charge in [0, 0.05) is 23.3 Å². The minimum Gasteiger partial charge on any atom is -0.298 e. The van der Waals surface area contributed by atoms with Gasteiger partial charge in [-0.2, -0.15) is 0 Å². The first-order valence-electron chi connectivity index (χ1n) is 5.14. The molecule has 1 fully saturated rings. The fourth-order valence-corrected chi connectivity index (χ4v) is 4.01. The maximum Gasteiger partial charge on any atom is 0.0701 e. The smallest absolute Gasteiger partial charge is 0.0701 e. The molecule has 2 heterocycles. The molecule has 0 saturated carbocycles. The molecule has 1 nitrogen and oxygen atoms in total. The third-order valence-corrected chi connectivity index (χ3v) is 5.93. The summed E-state index contributed by atoms with van der Waals surface area (Å²) in [5.41, 5.74) is 0.481. The van der Waals surface area contributed by atoms with E-state index in [1.165, 1.54) is 28.2 Å². The normalized spacial score (nSPS) is 27.4. The van der Waals surface area contributed by atoms with Crippen molar-refractivity contribution in [2.24, 2.45) is 5.41 Å². The highest BCUT2D eigenvalue weighted by molar-refractivity contribution is 9.11. The molecule has 1 aliphatic rings. The topological polar surface area (TPSA) is 3.24 Å². The Balaban J connectivity index is 1.92. The first-order chi connectivity index (χ1) is 7.11. The number of nitrogens with zero attached hydrogens (tertiary/aromatic N) is 1. The van der Waals surface area contributed by atoms with Crippen LogP contribution in [-0.4, -0.2) is 23.3 Å². The van der Waals surface area contributed by atoms with Gasteiger partial charge in [-0.25, -0.2) is 0 Å². The molecule has 1 unspecified atom stereocenters. The Bertz CT molecular complexity index is 339. The van der Waals surface area contributed by atoms with Gasteiger partial charge >= 0.3 is 0 Å². The van der Waals surface area contributed by atoms with E-state index in [0.29, 0.717) is 5.41 Å². The molecule has 0 amide bonds. The molecule has 84 valence electrons. The fourth-order valence-electron chi connectivity index (χ4n) is 2.03. The molecule has 1 atom stereocenters. The Labute approximate surface area is 112 Å². The lowest BCUT2D eigenvalue weighted by molar-refractivity contribution is 0.290. The van der Waals surface area contributed by atoms with Crippen LogP contribution in [0.2, 0.25) is 0 Å². The predicted octanol–water partition coefficient (Wildman–Crippen LogP) is 4.12. The Morgan fingerprint density at radius 3 is 2.87 bits per heavy atom. The third kappa shape index (κ3) is 3.05. The zero-order chi connectivity index (χ0) is 10.9. The average molecular weight is 353 g/mol. The van der Waals surface area contributed by atoms with Gasteiger partial charge in [-0.05, 0) is 46.4 Å². The van der Waals surface area contributed by atoms with Gasteiger partial charge in [0.25, 0.3) is 0 Å². The Kier molecular flexibility index (Phi) is 3.92. The zero-order valence-corrected chi connectivity index (χ0v) is 12.8. The average Bonchev–Trinajstić information content (AvgIpc) is 2.76. The number of thiophene rings is 1. The summed E-state index contributed by atoms with van der Waals surface area (Å²) in [7, 11) is 0. The summed E-state index contributed by atoms with van der Waals surface area (Å²) in [6.45, 7) is 5.93. The molecule has 0 aliphatic carbocycles. The van der Waals surface area contributed by atoms with Crippen molar-refractivity contribution in [1.29, 1.82) is 0 Å². The summed E-state index contributed by atoms with van der Waals surface area (Å²) < 4.78 is 1.24. The van der Waals surface area contributed by atoms with E-state index < -0.39 is 0 Å². The summed E-state index contributed by atoms with van der Waals surface area (Å²) in [6, 6.07) is 4.36. The van der Waals surface area contributed by atoms with Crippen molar-refractivity contribution in [1.82, 2.24) is 4.90 Å². The molecule has 0 N–H and O–H groups in total. The lowest BCUT2D eigenvalue weighted by Crippen LogP contribution is -2.25. The first kappa shape index (κ1) is 12.1. The minimum atomic E-state index is 0.481. The summed E-state index contributed by atoms with van der Waals surface area (Å²) >= 11 is 8.97. The largest absolute Gasteiger partial charge is 0.298 e. The van der Waals surface area contributed by atoms with E-state index in [9.17, 15) is 0 Å². The molecule has 1 aromatic rings. The molecule has 1 aliphatic heterocycles. The molecule has 0 spiro atoms. The van der Waals surface area contributed by atoms with Crippen molar-refractivity contribution < 1.29 is 0 Å². The van der Waals surface area contributed by atoms with E-state index in [4.69, 9.17) is 0 Å². The highest BCUT2D eigenvalue weighted by atomic mass is 79.9. The van der Waals surface area contributed by atoms with E-state index in [0.717, 1.165) is 11.9 Å². The maximum absolute atomic E-state index is 3.62. The number of halogens is 2. The third-order valence-electron chi connectivity index (χ3n) is 2.97. The molecule has 2 rings (SSSR count). The van der Waals surface area contributed by atoms with Crippen molar-refractivity contribution in [2.45, 2.75) is 19.9 Å². The molecule has 1 aromatic heterocycles. The highest BCUT2D eigenvalue weighted by Crippen LogP contribution is 2.33. The molecule has 15 heavy (non-hydrogen) atoms. The fraction of sp³-hybridized carbons (Fsp3) is 0.636. The van der Waals surface area contributed by atoms with Crippen molar-refractivity contribution in [3.63, 3.8) is 0 Å². The standard InChI is InChI=1S/C11H15Br2NS/c1-11(7-12)4-5-14(8-11)6-9-2-3-10(13)15-9/h2-3H,4-8H2,1H3. The predicted molar refractivity (Wildman–Crippen MR) is 73.8 cm³/mol. The first-order valence-corrected chi connectivity index (χ1v) is 7.87. The maximum atomic E-state index is 3.62. The molecule has 4 heteroatoms. The SMILES string of the molecule is CC1(CBr)CCN(Cc2ccc(Br)s2)C1. The number of likely N-dealkylation sites (tertiary alicyclic amines) is 1. The van der Waals surface area contributed by atoms with Crippen molar-refractivity contribution in [3.8, 4) is 0 Å². The van der Waals surface area contributed by atoms with Gasteiger partial charge in [0.05, 0.1) is 3.79 Å². The summed E-state index contributed by atoms with van der Waals surface area (Å²) in [5.74, 6) is 0. The van der Waals surface area contributed by atoms with Crippen LogP contribution in [0.15, 0.2) is 15.9 Å². The van der Waals surface area contributed by atoms with Crippen molar-refractivity contribution in [3.05, 3.63) is 20.8 Å². The number of alkyl halides is 1. The molecular weight excluding hydrogens is 338 g/mol. The summed E-state index contributed by atoms with van der Waals surface area (Å²) in [4.78, 5) is 4.01. The second kappa shape index (κ2) is 4.86. The molecule has 0 radical (unpaired) electrons. The van der Waals surface area contributed by atoms with E-state index in [1.54, 1.807) is 0 Å². The Hall–Kier alpha value is 0.620. The summed E-state index contributed by atoms with van der Waals surface area (Å²) in [5, 5.41) is 1.12. The highest BCUT2D eigenvalue weighted by Gasteiger charge is 2.32. The Morgan fingerprint density at radius 2 is 2.33 bits per heavy atom. The second-order valence-electron chi connectivity index (χ2n) is 4.61. The van der Waals surface area contributed by atoms with E-state index in [2.05, 4.69) is 55.8 Å². The molecule has 1 saturated heterocycles. The molecule has 0 aromatic carbocycles. The molecular formula is C11H15Br2NS. The van der Waals surface area contributed by atoms with Crippen LogP contribution in [0.5, 0.6) is 0 Å². The minimum absolute atomic E-state index is 0.481. The molecule has 0 bridgehead atoms. The van der Waals surface area contributed by atoms with E-state index in [1.807, 2.05) is 11.3 Å². The van der Waals surface area contributed by atoms with Gasteiger partial charge in [0.2, 0.25) is 0 Å². The van der Waals surface area contributed by atoms with Gasteiger partial charge in [-0.15, -0.1) is 11.3 Å².